The summed E-state index contributed by atoms with van der Waals surface area (Å²) < 4.78 is 22.1. The molecule has 4 aromatic rings. The Labute approximate surface area is 213 Å². The summed E-state index contributed by atoms with van der Waals surface area (Å²) in [6.07, 6.45) is 5.31. The number of fused-ring (bicyclic) bond motifs is 2. The van der Waals surface area contributed by atoms with Crippen LogP contribution in [0.25, 0.3) is 21.9 Å². The first-order valence-corrected chi connectivity index (χ1v) is 12.0. The number of rotatable bonds is 6. The van der Waals surface area contributed by atoms with Gasteiger partial charge in [0.25, 0.3) is 0 Å². The molecule has 10 nitrogen and oxygen atoms in total. The Morgan fingerprint density at radius 2 is 1.97 bits per heavy atom. The van der Waals surface area contributed by atoms with Crippen LogP contribution < -0.4 is 16.8 Å². The third-order valence-electron chi connectivity index (χ3n) is 6.82. The Morgan fingerprint density at radius 1 is 1.16 bits per heavy atom. The van der Waals surface area contributed by atoms with E-state index < -0.39 is 5.82 Å². The molecule has 0 saturated heterocycles. The third-order valence-corrected chi connectivity index (χ3v) is 6.82. The predicted molar refractivity (Wildman–Crippen MR) is 141 cm³/mol. The Morgan fingerprint density at radius 3 is 2.76 bits per heavy atom. The number of nitrogen functional groups attached to an aromatic ring is 2. The fourth-order valence-corrected chi connectivity index (χ4v) is 4.74. The van der Waals surface area contributed by atoms with Gasteiger partial charge in [0.2, 0.25) is 5.91 Å². The monoisotopic (exact) mass is 504 g/mol. The normalized spacial score (nSPS) is 14.5. The van der Waals surface area contributed by atoms with Gasteiger partial charge in [0.1, 0.15) is 12.4 Å². The van der Waals surface area contributed by atoms with E-state index in [2.05, 4.69) is 20.4 Å². The van der Waals surface area contributed by atoms with Crippen molar-refractivity contribution in [3.8, 4) is 11.1 Å². The lowest BCUT2D eigenvalue weighted by Gasteiger charge is -2.27. The van der Waals surface area contributed by atoms with Crippen molar-refractivity contribution in [1.29, 1.82) is 0 Å². The second-order valence-corrected chi connectivity index (χ2v) is 9.29. The minimum absolute atomic E-state index is 0.00172. The summed E-state index contributed by atoms with van der Waals surface area (Å²) in [5.41, 5.74) is 15.2. The number of benzene rings is 1. The number of carbonyl (C=O) groups is 1. The van der Waals surface area contributed by atoms with Gasteiger partial charge in [0, 0.05) is 60.7 Å². The van der Waals surface area contributed by atoms with Crippen molar-refractivity contribution < 1.29 is 13.9 Å². The molecule has 0 radical (unpaired) electrons. The molecular weight excluding hydrogens is 475 g/mol. The summed E-state index contributed by atoms with van der Waals surface area (Å²) in [7, 11) is 1.63. The number of methoxy groups -OCH3 is 1. The molecule has 3 aromatic heterocycles. The number of aromatic nitrogens is 4. The maximum absolute atomic E-state index is 15.2. The predicted octanol–water partition coefficient (Wildman–Crippen LogP) is 3.27. The summed E-state index contributed by atoms with van der Waals surface area (Å²) in [5, 5.41) is 8.97. The van der Waals surface area contributed by atoms with Crippen LogP contribution in [0.5, 0.6) is 0 Å². The van der Waals surface area contributed by atoms with Crippen LogP contribution in [0.3, 0.4) is 0 Å². The quantitative estimate of drug-likeness (QED) is 0.340. The summed E-state index contributed by atoms with van der Waals surface area (Å²) in [6, 6.07) is 5.41. The van der Waals surface area contributed by atoms with Gasteiger partial charge in [-0.25, -0.2) is 9.37 Å². The Bertz CT molecular complexity index is 1500. The summed E-state index contributed by atoms with van der Waals surface area (Å²) in [5.74, 6) is 0.543. The van der Waals surface area contributed by atoms with E-state index in [-0.39, 0.29) is 24.2 Å². The van der Waals surface area contributed by atoms with Crippen LogP contribution in [-0.4, -0.2) is 56.9 Å². The number of halogens is 1. The van der Waals surface area contributed by atoms with E-state index in [1.54, 1.807) is 30.1 Å². The van der Waals surface area contributed by atoms with Crippen LogP contribution in [0.4, 0.5) is 27.4 Å². The number of nitrogens with zero attached hydrogens (tertiary/aromatic N) is 5. The van der Waals surface area contributed by atoms with Crippen molar-refractivity contribution in [2.45, 2.75) is 32.9 Å². The third kappa shape index (κ3) is 4.53. The number of carbonyl (C=O) groups excluding carboxylic acids is 1. The van der Waals surface area contributed by atoms with Crippen LogP contribution in [0, 0.1) is 12.7 Å². The molecule has 0 bridgehead atoms. The van der Waals surface area contributed by atoms with E-state index in [0.29, 0.717) is 58.8 Å². The number of hydrogen-bond acceptors (Lipinski definition) is 8. The van der Waals surface area contributed by atoms with Gasteiger partial charge in [-0.2, -0.15) is 5.10 Å². The number of nitrogens with two attached hydrogens (primary N) is 2. The van der Waals surface area contributed by atoms with Gasteiger partial charge in [-0.1, -0.05) is 0 Å². The smallest absolute Gasteiger partial charge is 0.244 e. The molecule has 4 heterocycles. The molecule has 5 N–H and O–H groups in total. The molecule has 0 spiro atoms. The van der Waals surface area contributed by atoms with Crippen LogP contribution >= 0.6 is 0 Å². The summed E-state index contributed by atoms with van der Waals surface area (Å²) >= 11 is 0. The molecule has 1 aromatic carbocycles. The van der Waals surface area contributed by atoms with E-state index >= 15 is 4.39 Å². The highest BCUT2D eigenvalue weighted by molar-refractivity contribution is 5.98. The Hall–Kier alpha value is -4.25. The second-order valence-electron chi connectivity index (χ2n) is 9.29. The lowest BCUT2D eigenvalue weighted by Crippen LogP contribution is -2.42. The minimum Gasteiger partial charge on any atom is -0.397 e. The fraction of sp³-hybridized carbons (Fsp3) is 0.308. The number of anilines is 4. The zero-order valence-corrected chi connectivity index (χ0v) is 21.0. The van der Waals surface area contributed by atoms with Crippen LogP contribution in [0.15, 0.2) is 36.8 Å². The number of pyridine rings is 2. The van der Waals surface area contributed by atoms with Crippen molar-refractivity contribution in [3.63, 3.8) is 0 Å². The first-order chi connectivity index (χ1) is 17.8. The average molecular weight is 505 g/mol. The van der Waals surface area contributed by atoms with E-state index in [4.69, 9.17) is 16.2 Å². The number of nitrogens with one attached hydrogen (secondary N) is 1. The van der Waals surface area contributed by atoms with Crippen LogP contribution in [0.1, 0.15) is 18.2 Å². The van der Waals surface area contributed by atoms with Gasteiger partial charge in [0.15, 0.2) is 11.6 Å². The van der Waals surface area contributed by atoms with Gasteiger partial charge in [-0.05, 0) is 36.9 Å². The van der Waals surface area contributed by atoms with Gasteiger partial charge in [-0.3, -0.25) is 14.5 Å². The van der Waals surface area contributed by atoms with Crippen molar-refractivity contribution in [3.05, 3.63) is 53.9 Å². The molecule has 0 fully saturated rings. The fourth-order valence-electron chi connectivity index (χ4n) is 4.74. The molecule has 192 valence electrons. The molecule has 5 rings (SSSR count). The van der Waals surface area contributed by atoms with E-state index in [1.807, 2.05) is 24.8 Å². The average Bonchev–Trinajstić information content (AvgIpc) is 3.16. The standard InChI is InChI=1S/C26H29FN8O2/c1-14(13-37-3)34-5-4-17-8-23(33-35(17)12-24(34)36)32-22-7-16-6-18(19-9-30-11-21(28)15(19)2)25(27)26(29)20(16)10-31-22/h6-11,14H,4-5,12-13,28-29H2,1-3H3,(H,31,32,33). The van der Waals surface area contributed by atoms with E-state index in [1.165, 1.54) is 12.4 Å². The van der Waals surface area contributed by atoms with Crippen molar-refractivity contribution in [2.24, 2.45) is 0 Å². The molecule has 0 aliphatic carbocycles. The molecule has 1 aliphatic heterocycles. The lowest BCUT2D eigenvalue weighted by molar-refractivity contribution is -0.134. The van der Waals surface area contributed by atoms with E-state index in [0.717, 1.165) is 11.3 Å². The Kier molecular flexibility index (Phi) is 6.38. The highest BCUT2D eigenvalue weighted by atomic mass is 19.1. The summed E-state index contributed by atoms with van der Waals surface area (Å²) in [4.78, 5) is 23.1. The second kappa shape index (κ2) is 9.66. The Balaban J connectivity index is 1.43. The molecule has 37 heavy (non-hydrogen) atoms. The zero-order valence-electron chi connectivity index (χ0n) is 21.0. The first-order valence-electron chi connectivity index (χ1n) is 12.0. The van der Waals surface area contributed by atoms with Crippen molar-refractivity contribution in [2.75, 3.05) is 37.0 Å². The largest absolute Gasteiger partial charge is 0.397 e. The molecule has 1 aliphatic rings. The molecule has 1 atom stereocenters. The topological polar surface area (TPSA) is 137 Å². The maximum atomic E-state index is 15.2. The highest BCUT2D eigenvalue weighted by Crippen LogP contribution is 2.36. The minimum atomic E-state index is -0.540. The van der Waals surface area contributed by atoms with Gasteiger partial charge in [0.05, 0.1) is 30.2 Å². The molecule has 1 unspecified atom stereocenters. The number of hydrogen-bond donors (Lipinski definition) is 3. The summed E-state index contributed by atoms with van der Waals surface area (Å²) in [6.45, 7) is 5.02. The van der Waals surface area contributed by atoms with Crippen molar-refractivity contribution >= 4 is 39.7 Å². The van der Waals surface area contributed by atoms with Gasteiger partial charge >= 0.3 is 0 Å². The van der Waals surface area contributed by atoms with Crippen LogP contribution in [0.2, 0.25) is 0 Å². The zero-order chi connectivity index (χ0) is 26.3. The van der Waals surface area contributed by atoms with Gasteiger partial charge < -0.3 is 26.4 Å². The molecular formula is C26H29FN8O2. The highest BCUT2D eigenvalue weighted by Gasteiger charge is 2.26. The number of ether oxygens (including phenoxy) is 1. The molecule has 1 amide bonds. The SMILES string of the molecule is COCC(C)N1CCc2cc(Nc3cc4cc(-c5cncc(N)c5C)c(F)c(N)c4cn3)nn2CC1=O. The lowest BCUT2D eigenvalue weighted by atomic mass is 9.97. The number of amides is 1. The van der Waals surface area contributed by atoms with Crippen molar-refractivity contribution in [1.82, 2.24) is 24.6 Å². The first kappa shape index (κ1) is 24.4. The molecule has 11 heteroatoms. The van der Waals surface area contributed by atoms with Gasteiger partial charge in [-0.15, -0.1) is 0 Å². The maximum Gasteiger partial charge on any atom is 0.244 e. The van der Waals surface area contributed by atoms with Crippen LogP contribution in [-0.2, 0) is 22.5 Å². The van der Waals surface area contributed by atoms with E-state index in [9.17, 15) is 4.79 Å². The molecule has 0 saturated carbocycles.